The molecule has 2 aromatic rings. The van der Waals surface area contributed by atoms with Crippen molar-refractivity contribution in [3.8, 4) is 0 Å². The Balaban J connectivity index is 1.77. The number of nitrogens with one attached hydrogen (secondary N) is 1. The third-order valence-electron chi connectivity index (χ3n) is 4.17. The first-order valence-electron chi connectivity index (χ1n) is 7.89. The summed E-state index contributed by atoms with van der Waals surface area (Å²) in [6, 6.07) is 9.89. The Morgan fingerprint density at radius 2 is 2.09 bits per heavy atom. The van der Waals surface area contributed by atoms with Gasteiger partial charge in [-0.1, -0.05) is 25.1 Å². The van der Waals surface area contributed by atoms with Crippen molar-refractivity contribution in [1.82, 2.24) is 9.88 Å². The van der Waals surface area contributed by atoms with Crippen molar-refractivity contribution in [3.05, 3.63) is 36.0 Å². The van der Waals surface area contributed by atoms with Gasteiger partial charge in [-0.05, 0) is 25.0 Å². The first-order chi connectivity index (χ1) is 10.9. The van der Waals surface area contributed by atoms with Crippen LogP contribution < -0.4 is 5.32 Å². The molecule has 6 heteroatoms. The molecular weight excluding hydrogens is 303 g/mol. The van der Waals surface area contributed by atoms with Gasteiger partial charge in [0.2, 0.25) is 0 Å². The van der Waals surface area contributed by atoms with E-state index in [2.05, 4.69) is 10.3 Å². The number of nitrogens with zero attached hydrogens (tertiary/aromatic N) is 2. The average molecular weight is 323 g/mol. The van der Waals surface area contributed by atoms with Crippen LogP contribution in [0.5, 0.6) is 0 Å². The van der Waals surface area contributed by atoms with E-state index in [4.69, 9.17) is 0 Å². The standard InChI is InChI=1S/C17H20F3N3/c1-2-12-9-16(14-5-3-4-6-15(14)21-12)22-13-7-8-23(10-13)11-17(18,19)20/h3-6,9,13H,2,7-8,10-11H2,1H3,(H,21,22). The summed E-state index contributed by atoms with van der Waals surface area (Å²) in [5.74, 6) is 0. The third-order valence-corrected chi connectivity index (χ3v) is 4.17. The minimum absolute atomic E-state index is 0.0351. The lowest BCUT2D eigenvalue weighted by atomic mass is 10.1. The minimum atomic E-state index is -4.13. The molecule has 1 saturated heterocycles. The van der Waals surface area contributed by atoms with Crippen LogP contribution in [-0.4, -0.2) is 41.7 Å². The molecule has 23 heavy (non-hydrogen) atoms. The number of anilines is 1. The zero-order chi connectivity index (χ0) is 16.4. The molecule has 1 aliphatic rings. The second-order valence-electron chi connectivity index (χ2n) is 6.01. The summed E-state index contributed by atoms with van der Waals surface area (Å²) in [6.45, 7) is 2.10. The number of pyridine rings is 1. The van der Waals surface area contributed by atoms with Crippen molar-refractivity contribution in [2.24, 2.45) is 0 Å². The SMILES string of the molecule is CCc1cc(NC2CCN(CC(F)(F)F)C2)c2ccccc2n1. The van der Waals surface area contributed by atoms with Crippen LogP contribution in [0.25, 0.3) is 10.9 Å². The number of alkyl halides is 3. The topological polar surface area (TPSA) is 28.2 Å². The fourth-order valence-electron chi connectivity index (χ4n) is 3.10. The number of halogens is 3. The summed E-state index contributed by atoms with van der Waals surface area (Å²) in [5.41, 5.74) is 2.86. The van der Waals surface area contributed by atoms with Gasteiger partial charge in [0.15, 0.2) is 0 Å². The molecule has 0 bridgehead atoms. The zero-order valence-electron chi connectivity index (χ0n) is 13.0. The third kappa shape index (κ3) is 3.93. The number of rotatable bonds is 4. The molecule has 3 rings (SSSR count). The van der Waals surface area contributed by atoms with Gasteiger partial charge in [-0.3, -0.25) is 9.88 Å². The maximum absolute atomic E-state index is 12.5. The van der Waals surface area contributed by atoms with E-state index in [0.29, 0.717) is 19.5 Å². The molecule has 2 heterocycles. The molecule has 1 atom stereocenters. The summed E-state index contributed by atoms with van der Waals surface area (Å²) in [6.07, 6.45) is -2.59. The van der Waals surface area contributed by atoms with Crippen molar-refractivity contribution in [2.45, 2.75) is 32.0 Å². The Morgan fingerprint density at radius 1 is 1.30 bits per heavy atom. The Kier molecular flexibility index (Phi) is 4.43. The summed E-state index contributed by atoms with van der Waals surface area (Å²) < 4.78 is 37.5. The quantitative estimate of drug-likeness (QED) is 0.926. The van der Waals surface area contributed by atoms with Crippen molar-refractivity contribution < 1.29 is 13.2 Å². The van der Waals surface area contributed by atoms with Crippen molar-refractivity contribution in [3.63, 3.8) is 0 Å². The Labute approximate surface area is 133 Å². The van der Waals surface area contributed by atoms with E-state index in [-0.39, 0.29) is 6.04 Å². The molecule has 3 nitrogen and oxygen atoms in total. The molecule has 0 radical (unpaired) electrons. The number of fused-ring (bicyclic) bond motifs is 1. The highest BCUT2D eigenvalue weighted by Crippen LogP contribution is 2.27. The maximum Gasteiger partial charge on any atom is 0.401 e. The summed E-state index contributed by atoms with van der Waals surface area (Å²) >= 11 is 0. The molecule has 0 spiro atoms. The van der Waals surface area contributed by atoms with E-state index in [1.165, 1.54) is 4.90 Å². The zero-order valence-corrected chi connectivity index (χ0v) is 13.0. The van der Waals surface area contributed by atoms with Crippen LogP contribution in [-0.2, 0) is 6.42 Å². The van der Waals surface area contributed by atoms with Gasteiger partial charge in [0.1, 0.15) is 0 Å². The van der Waals surface area contributed by atoms with Gasteiger partial charge in [0.25, 0.3) is 0 Å². The van der Waals surface area contributed by atoms with Crippen LogP contribution >= 0.6 is 0 Å². The van der Waals surface area contributed by atoms with Crippen LogP contribution in [0, 0.1) is 0 Å². The van der Waals surface area contributed by atoms with Crippen molar-refractivity contribution in [2.75, 3.05) is 25.0 Å². The second kappa shape index (κ2) is 6.35. The monoisotopic (exact) mass is 323 g/mol. The molecule has 1 aliphatic heterocycles. The molecule has 1 aromatic heterocycles. The molecule has 0 amide bonds. The van der Waals surface area contributed by atoms with Crippen LogP contribution in [0.3, 0.4) is 0 Å². The van der Waals surface area contributed by atoms with Crippen LogP contribution in [0.4, 0.5) is 18.9 Å². The van der Waals surface area contributed by atoms with E-state index in [1.54, 1.807) is 0 Å². The highest BCUT2D eigenvalue weighted by Gasteiger charge is 2.34. The predicted octanol–water partition coefficient (Wildman–Crippen LogP) is 3.85. The van der Waals surface area contributed by atoms with Gasteiger partial charge in [-0.25, -0.2) is 0 Å². The highest BCUT2D eigenvalue weighted by atomic mass is 19.4. The lowest BCUT2D eigenvalue weighted by molar-refractivity contribution is -0.143. The highest BCUT2D eigenvalue weighted by molar-refractivity contribution is 5.91. The van der Waals surface area contributed by atoms with Crippen LogP contribution in [0.2, 0.25) is 0 Å². The van der Waals surface area contributed by atoms with E-state index >= 15 is 0 Å². The predicted molar refractivity (Wildman–Crippen MR) is 85.6 cm³/mol. The Morgan fingerprint density at radius 3 is 2.83 bits per heavy atom. The van der Waals surface area contributed by atoms with E-state index in [9.17, 15) is 13.2 Å². The molecule has 1 unspecified atom stereocenters. The van der Waals surface area contributed by atoms with Crippen molar-refractivity contribution in [1.29, 1.82) is 0 Å². The van der Waals surface area contributed by atoms with Gasteiger partial charge < -0.3 is 5.32 Å². The minimum Gasteiger partial charge on any atom is -0.380 e. The van der Waals surface area contributed by atoms with Gasteiger partial charge in [0.05, 0.1) is 12.1 Å². The number of hydrogen-bond donors (Lipinski definition) is 1. The van der Waals surface area contributed by atoms with Gasteiger partial charge >= 0.3 is 6.18 Å². The van der Waals surface area contributed by atoms with Gasteiger partial charge in [-0.2, -0.15) is 13.2 Å². The Hall–Kier alpha value is -1.82. The number of hydrogen-bond acceptors (Lipinski definition) is 3. The second-order valence-corrected chi connectivity index (χ2v) is 6.01. The summed E-state index contributed by atoms with van der Waals surface area (Å²) in [7, 11) is 0. The maximum atomic E-state index is 12.5. The van der Waals surface area contributed by atoms with Crippen molar-refractivity contribution >= 4 is 16.6 Å². The number of benzene rings is 1. The molecule has 124 valence electrons. The average Bonchev–Trinajstić information content (AvgIpc) is 2.92. The first-order valence-corrected chi connectivity index (χ1v) is 7.89. The Bertz CT molecular complexity index is 684. The fraction of sp³-hybridized carbons (Fsp3) is 0.471. The lowest BCUT2D eigenvalue weighted by Gasteiger charge is -2.19. The molecule has 0 aliphatic carbocycles. The first kappa shape index (κ1) is 16.1. The van der Waals surface area contributed by atoms with E-state index in [1.807, 2.05) is 37.3 Å². The van der Waals surface area contributed by atoms with Gasteiger partial charge in [-0.15, -0.1) is 0 Å². The summed E-state index contributed by atoms with van der Waals surface area (Å²) in [4.78, 5) is 6.05. The van der Waals surface area contributed by atoms with E-state index in [0.717, 1.165) is 28.7 Å². The van der Waals surface area contributed by atoms with E-state index < -0.39 is 12.7 Å². The molecule has 1 fully saturated rings. The summed E-state index contributed by atoms with van der Waals surface area (Å²) in [5, 5.41) is 4.44. The largest absolute Gasteiger partial charge is 0.401 e. The number of para-hydroxylation sites is 1. The normalized spacial score (nSPS) is 19.4. The molecule has 0 saturated carbocycles. The molecular formula is C17H20F3N3. The number of aryl methyl sites for hydroxylation is 1. The molecule has 1 N–H and O–H groups in total. The van der Waals surface area contributed by atoms with Gasteiger partial charge in [0, 0.05) is 35.9 Å². The lowest BCUT2D eigenvalue weighted by Crippen LogP contribution is -2.34. The van der Waals surface area contributed by atoms with Crippen LogP contribution in [0.1, 0.15) is 19.0 Å². The molecule has 1 aromatic carbocycles. The smallest absolute Gasteiger partial charge is 0.380 e. The van der Waals surface area contributed by atoms with Crippen LogP contribution in [0.15, 0.2) is 30.3 Å². The fourth-order valence-corrected chi connectivity index (χ4v) is 3.10. The number of likely N-dealkylation sites (tertiary alicyclic amines) is 1. The number of aromatic nitrogens is 1.